The van der Waals surface area contributed by atoms with Crippen LogP contribution < -0.4 is 10.6 Å². The molecule has 136 valence electrons. The normalized spacial score (nSPS) is 17.7. The minimum absolute atomic E-state index is 0.0707. The first-order chi connectivity index (χ1) is 10.9. The highest BCUT2D eigenvalue weighted by molar-refractivity contribution is 5.79. The molecule has 0 aromatic rings. The first-order valence-corrected chi connectivity index (χ1v) is 7.99. The molecule has 0 atom stereocenters. The number of methoxy groups -OCH3 is 1. The van der Waals surface area contributed by atoms with Crippen molar-refractivity contribution in [1.29, 1.82) is 0 Å². The van der Waals surface area contributed by atoms with Crippen LogP contribution in [0, 0.1) is 5.41 Å². The van der Waals surface area contributed by atoms with Crippen molar-refractivity contribution in [2.45, 2.75) is 38.3 Å². The van der Waals surface area contributed by atoms with Crippen LogP contribution in [0.3, 0.4) is 0 Å². The lowest BCUT2D eigenvalue weighted by Gasteiger charge is -2.42. The molecule has 1 rings (SSSR count). The van der Waals surface area contributed by atoms with E-state index in [0.29, 0.717) is 18.9 Å². The van der Waals surface area contributed by atoms with Crippen LogP contribution >= 0.6 is 0 Å². The molecule has 1 saturated carbocycles. The van der Waals surface area contributed by atoms with Gasteiger partial charge < -0.3 is 20.1 Å². The fourth-order valence-corrected chi connectivity index (χ4v) is 2.57. The second-order valence-corrected chi connectivity index (χ2v) is 5.97. The second-order valence-electron chi connectivity index (χ2n) is 5.97. The fraction of sp³-hybridized carbons (Fsp3) is 0.933. The Morgan fingerprint density at radius 2 is 1.96 bits per heavy atom. The van der Waals surface area contributed by atoms with Crippen molar-refractivity contribution >= 4 is 5.96 Å². The molecule has 0 aromatic heterocycles. The fourth-order valence-electron chi connectivity index (χ4n) is 2.57. The summed E-state index contributed by atoms with van der Waals surface area (Å²) in [6, 6.07) is 0. The number of halogens is 3. The zero-order valence-corrected chi connectivity index (χ0v) is 14.0. The molecular formula is C15H28F3N3O2. The molecule has 0 heterocycles. The zero-order valence-electron chi connectivity index (χ0n) is 14.0. The Labute approximate surface area is 136 Å². The summed E-state index contributed by atoms with van der Waals surface area (Å²) in [7, 11) is 3.39. The topological polar surface area (TPSA) is 54.9 Å². The summed E-state index contributed by atoms with van der Waals surface area (Å²) in [5, 5.41) is 6.39. The summed E-state index contributed by atoms with van der Waals surface area (Å²) >= 11 is 0. The van der Waals surface area contributed by atoms with Gasteiger partial charge in [-0.25, -0.2) is 0 Å². The van der Waals surface area contributed by atoms with Crippen LogP contribution in [0.15, 0.2) is 4.99 Å². The van der Waals surface area contributed by atoms with Crippen molar-refractivity contribution in [3.8, 4) is 0 Å². The highest BCUT2D eigenvalue weighted by atomic mass is 19.4. The van der Waals surface area contributed by atoms with Gasteiger partial charge in [0.25, 0.3) is 0 Å². The molecule has 0 aromatic carbocycles. The first kappa shape index (κ1) is 20.0. The molecule has 8 heteroatoms. The van der Waals surface area contributed by atoms with E-state index in [1.807, 2.05) is 0 Å². The molecule has 1 fully saturated rings. The van der Waals surface area contributed by atoms with Gasteiger partial charge >= 0.3 is 6.18 Å². The van der Waals surface area contributed by atoms with Crippen LogP contribution in [0.2, 0.25) is 0 Å². The zero-order chi connectivity index (χ0) is 17.2. The lowest BCUT2D eigenvalue weighted by atomic mass is 9.67. The Kier molecular flexibility index (Phi) is 8.68. The van der Waals surface area contributed by atoms with Crippen LogP contribution in [0.1, 0.15) is 32.1 Å². The van der Waals surface area contributed by atoms with Crippen LogP contribution in [-0.2, 0) is 9.47 Å². The molecule has 1 aliphatic carbocycles. The lowest BCUT2D eigenvalue weighted by Crippen LogP contribution is -2.47. The monoisotopic (exact) mass is 339 g/mol. The summed E-state index contributed by atoms with van der Waals surface area (Å²) in [5.74, 6) is 0.671. The third-order valence-electron chi connectivity index (χ3n) is 4.13. The highest BCUT2D eigenvalue weighted by Crippen LogP contribution is 2.43. The number of nitrogens with one attached hydrogen (secondary N) is 2. The number of hydrogen-bond donors (Lipinski definition) is 2. The Morgan fingerprint density at radius 3 is 2.48 bits per heavy atom. The summed E-state index contributed by atoms with van der Waals surface area (Å²) in [6.45, 7) is 0.983. The van der Waals surface area contributed by atoms with E-state index in [4.69, 9.17) is 4.74 Å². The Bertz CT molecular complexity index is 358. The molecule has 0 saturated heterocycles. The Hall–Kier alpha value is -1.02. The van der Waals surface area contributed by atoms with Gasteiger partial charge in [0.15, 0.2) is 5.96 Å². The molecule has 5 nitrogen and oxygen atoms in total. The summed E-state index contributed by atoms with van der Waals surface area (Å²) in [4.78, 5) is 4.13. The van der Waals surface area contributed by atoms with E-state index >= 15 is 0 Å². The van der Waals surface area contributed by atoms with Gasteiger partial charge in [-0.05, 0) is 31.1 Å². The average Bonchev–Trinajstić information content (AvgIpc) is 2.45. The van der Waals surface area contributed by atoms with Gasteiger partial charge in [-0.1, -0.05) is 6.42 Å². The van der Waals surface area contributed by atoms with Crippen LogP contribution in [0.25, 0.3) is 0 Å². The molecule has 0 aliphatic heterocycles. The van der Waals surface area contributed by atoms with Crippen molar-refractivity contribution in [1.82, 2.24) is 10.6 Å². The molecule has 0 radical (unpaired) electrons. The van der Waals surface area contributed by atoms with Crippen molar-refractivity contribution in [3.05, 3.63) is 0 Å². The van der Waals surface area contributed by atoms with Crippen molar-refractivity contribution in [2.75, 3.05) is 47.1 Å². The maximum absolute atomic E-state index is 11.9. The van der Waals surface area contributed by atoms with E-state index in [1.54, 1.807) is 14.2 Å². The highest BCUT2D eigenvalue weighted by Gasteiger charge is 2.36. The molecule has 2 N–H and O–H groups in total. The number of aliphatic imine (C=N–C) groups is 1. The number of nitrogens with zero attached hydrogens (tertiary/aromatic N) is 1. The van der Waals surface area contributed by atoms with Gasteiger partial charge in [0, 0.05) is 40.5 Å². The number of ether oxygens (including phenoxy) is 2. The standard InChI is InChI=1S/C15H28F3N3O2/c1-19-13(20-8-4-9-23-12-15(16,17)18)21-11-14(5-3-6-14)7-10-22-2/h3-12H2,1-2H3,(H2,19,20,21). The van der Waals surface area contributed by atoms with Gasteiger partial charge in [-0.15, -0.1) is 0 Å². The predicted molar refractivity (Wildman–Crippen MR) is 83.6 cm³/mol. The van der Waals surface area contributed by atoms with Gasteiger partial charge in [-0.3, -0.25) is 4.99 Å². The molecular weight excluding hydrogens is 311 g/mol. The Morgan fingerprint density at radius 1 is 1.22 bits per heavy atom. The lowest BCUT2D eigenvalue weighted by molar-refractivity contribution is -0.173. The van der Waals surface area contributed by atoms with E-state index in [1.165, 1.54) is 19.3 Å². The average molecular weight is 339 g/mol. The van der Waals surface area contributed by atoms with Gasteiger partial charge in [0.1, 0.15) is 6.61 Å². The second kappa shape index (κ2) is 9.97. The minimum Gasteiger partial charge on any atom is -0.385 e. The van der Waals surface area contributed by atoms with E-state index in [2.05, 4.69) is 20.4 Å². The van der Waals surface area contributed by atoms with Crippen LogP contribution in [0.5, 0.6) is 0 Å². The smallest absolute Gasteiger partial charge is 0.385 e. The SMILES string of the molecule is CN=C(NCCCOCC(F)(F)F)NCC1(CCOC)CCC1. The van der Waals surface area contributed by atoms with Gasteiger partial charge in [0.05, 0.1) is 0 Å². The van der Waals surface area contributed by atoms with Crippen molar-refractivity contribution in [2.24, 2.45) is 10.4 Å². The quantitative estimate of drug-likeness (QED) is 0.364. The molecule has 0 bridgehead atoms. The van der Waals surface area contributed by atoms with Crippen molar-refractivity contribution in [3.63, 3.8) is 0 Å². The summed E-state index contributed by atoms with van der Waals surface area (Å²) in [6.07, 6.45) is 0.875. The molecule has 0 unspecified atom stereocenters. The van der Waals surface area contributed by atoms with Crippen LogP contribution in [0.4, 0.5) is 13.2 Å². The van der Waals surface area contributed by atoms with Gasteiger partial charge in [-0.2, -0.15) is 13.2 Å². The van der Waals surface area contributed by atoms with E-state index in [-0.39, 0.29) is 12.0 Å². The summed E-state index contributed by atoms with van der Waals surface area (Å²) < 4.78 is 45.5. The Balaban J connectivity index is 2.15. The van der Waals surface area contributed by atoms with E-state index in [0.717, 1.165) is 19.6 Å². The summed E-state index contributed by atoms with van der Waals surface area (Å²) in [5.41, 5.74) is 0.281. The third-order valence-corrected chi connectivity index (χ3v) is 4.13. The third kappa shape index (κ3) is 8.41. The maximum Gasteiger partial charge on any atom is 0.411 e. The largest absolute Gasteiger partial charge is 0.411 e. The minimum atomic E-state index is -4.26. The first-order valence-electron chi connectivity index (χ1n) is 7.99. The van der Waals surface area contributed by atoms with E-state index < -0.39 is 12.8 Å². The molecule has 0 spiro atoms. The van der Waals surface area contributed by atoms with E-state index in [9.17, 15) is 13.2 Å². The van der Waals surface area contributed by atoms with Crippen molar-refractivity contribution < 1.29 is 22.6 Å². The number of hydrogen-bond acceptors (Lipinski definition) is 3. The molecule has 23 heavy (non-hydrogen) atoms. The number of guanidine groups is 1. The number of alkyl halides is 3. The predicted octanol–water partition coefficient (Wildman–Crippen LogP) is 2.33. The van der Waals surface area contributed by atoms with Crippen LogP contribution in [-0.4, -0.2) is 59.2 Å². The van der Waals surface area contributed by atoms with Gasteiger partial charge in [0.2, 0.25) is 0 Å². The maximum atomic E-state index is 11.9. The molecule has 1 aliphatic rings. The molecule has 0 amide bonds. The number of rotatable bonds is 10.